The molecule has 5 heteroatoms. The number of pyridine rings is 2. The molecule has 0 spiro atoms. The molecule has 0 bridgehead atoms. The van der Waals surface area contributed by atoms with Crippen molar-refractivity contribution in [3.05, 3.63) is 94.1 Å². The molecule has 0 aliphatic rings. The highest BCUT2D eigenvalue weighted by atomic mass is 35.5. The summed E-state index contributed by atoms with van der Waals surface area (Å²) in [5, 5.41) is 1.54. The fourth-order valence-corrected chi connectivity index (χ4v) is 3.36. The molecule has 0 aliphatic heterocycles. The van der Waals surface area contributed by atoms with Gasteiger partial charge in [0.15, 0.2) is 0 Å². The lowest BCUT2D eigenvalue weighted by atomic mass is 10.0. The van der Waals surface area contributed by atoms with Gasteiger partial charge in [-0.25, -0.2) is 9.37 Å². The van der Waals surface area contributed by atoms with E-state index in [1.807, 2.05) is 42.5 Å². The maximum atomic E-state index is 13.6. The van der Waals surface area contributed by atoms with Gasteiger partial charge in [-0.3, -0.25) is 4.98 Å². The van der Waals surface area contributed by atoms with Gasteiger partial charge in [-0.2, -0.15) is 0 Å². The topological polar surface area (TPSA) is 25.8 Å². The fourth-order valence-electron chi connectivity index (χ4n) is 2.97. The highest BCUT2D eigenvalue weighted by Crippen LogP contribution is 2.32. The van der Waals surface area contributed by atoms with Crippen LogP contribution in [0.15, 0.2) is 66.9 Å². The van der Waals surface area contributed by atoms with Crippen LogP contribution in [-0.2, 0) is 6.42 Å². The van der Waals surface area contributed by atoms with Crippen molar-refractivity contribution in [1.29, 1.82) is 0 Å². The number of benzene rings is 2. The summed E-state index contributed by atoms with van der Waals surface area (Å²) in [6, 6.07) is 18.4. The van der Waals surface area contributed by atoms with Gasteiger partial charge in [0.25, 0.3) is 0 Å². The summed E-state index contributed by atoms with van der Waals surface area (Å²) in [6.07, 6.45) is 2.24. The van der Waals surface area contributed by atoms with Gasteiger partial charge in [0, 0.05) is 29.3 Å². The van der Waals surface area contributed by atoms with Gasteiger partial charge in [-0.1, -0.05) is 47.5 Å². The monoisotopic (exact) mass is 382 g/mol. The molecule has 0 N–H and O–H groups in total. The molecule has 4 aromatic rings. The number of aromatic nitrogens is 2. The third-order valence-electron chi connectivity index (χ3n) is 4.21. The lowest BCUT2D eigenvalue weighted by molar-refractivity contribution is 0.626. The highest BCUT2D eigenvalue weighted by molar-refractivity contribution is 6.32. The summed E-state index contributed by atoms with van der Waals surface area (Å²) in [4.78, 5) is 8.87. The number of rotatable bonds is 3. The largest absolute Gasteiger partial charge is 0.256 e. The van der Waals surface area contributed by atoms with E-state index in [1.165, 1.54) is 6.07 Å². The molecule has 128 valence electrons. The van der Waals surface area contributed by atoms with Crippen molar-refractivity contribution in [3.8, 4) is 11.1 Å². The van der Waals surface area contributed by atoms with Gasteiger partial charge in [0.1, 0.15) is 11.0 Å². The van der Waals surface area contributed by atoms with Gasteiger partial charge in [-0.05, 0) is 47.5 Å². The molecule has 0 saturated heterocycles. The zero-order chi connectivity index (χ0) is 18.1. The standard InChI is InChI=1S/C21H13Cl2FN2/c22-18-9-6-13(12-19(18)24)11-14-7-8-17(21(23)26-14)15-3-1-5-20-16(15)4-2-10-25-20/h1-10,12H,11H2. The lowest BCUT2D eigenvalue weighted by Gasteiger charge is -2.10. The number of fused-ring (bicyclic) bond motifs is 1. The molecule has 0 unspecified atom stereocenters. The van der Waals surface area contributed by atoms with E-state index in [0.29, 0.717) is 11.6 Å². The molecule has 0 amide bonds. The molecule has 4 rings (SSSR count). The molecule has 2 aromatic carbocycles. The number of nitrogens with zero attached hydrogens (tertiary/aromatic N) is 2. The average Bonchev–Trinajstić information content (AvgIpc) is 2.65. The fraction of sp³-hybridized carbons (Fsp3) is 0.0476. The van der Waals surface area contributed by atoms with Gasteiger partial charge < -0.3 is 0 Å². The van der Waals surface area contributed by atoms with E-state index < -0.39 is 5.82 Å². The predicted octanol–water partition coefficient (Wildman–Crippen LogP) is 6.33. The van der Waals surface area contributed by atoms with Crippen LogP contribution in [0.3, 0.4) is 0 Å². The Balaban J connectivity index is 1.70. The average molecular weight is 383 g/mol. The SMILES string of the molecule is Fc1cc(Cc2ccc(-c3cccc4ncccc34)c(Cl)n2)ccc1Cl. The predicted molar refractivity (Wildman–Crippen MR) is 104 cm³/mol. The first kappa shape index (κ1) is 17.0. The second-order valence-electron chi connectivity index (χ2n) is 5.94. The van der Waals surface area contributed by atoms with Crippen molar-refractivity contribution in [1.82, 2.24) is 9.97 Å². The second-order valence-corrected chi connectivity index (χ2v) is 6.71. The van der Waals surface area contributed by atoms with E-state index in [4.69, 9.17) is 23.2 Å². The van der Waals surface area contributed by atoms with Crippen molar-refractivity contribution in [2.24, 2.45) is 0 Å². The highest BCUT2D eigenvalue weighted by Gasteiger charge is 2.11. The van der Waals surface area contributed by atoms with Crippen LogP contribution < -0.4 is 0 Å². The van der Waals surface area contributed by atoms with E-state index >= 15 is 0 Å². The summed E-state index contributed by atoms with van der Waals surface area (Å²) in [5.41, 5.74) is 4.28. The molecule has 0 aliphatic carbocycles. The molecule has 2 heterocycles. The maximum absolute atomic E-state index is 13.6. The number of hydrogen-bond acceptors (Lipinski definition) is 2. The first-order valence-electron chi connectivity index (χ1n) is 8.05. The maximum Gasteiger partial charge on any atom is 0.142 e. The minimum absolute atomic E-state index is 0.111. The molecule has 0 fully saturated rings. The van der Waals surface area contributed by atoms with Gasteiger partial charge in [0.2, 0.25) is 0 Å². The van der Waals surface area contributed by atoms with E-state index in [0.717, 1.165) is 33.3 Å². The minimum Gasteiger partial charge on any atom is -0.256 e. The van der Waals surface area contributed by atoms with Crippen LogP contribution in [0.4, 0.5) is 4.39 Å². The first-order valence-corrected chi connectivity index (χ1v) is 8.81. The Hall–Kier alpha value is -2.49. The summed E-state index contributed by atoms with van der Waals surface area (Å²) in [7, 11) is 0. The molecule has 2 nitrogen and oxygen atoms in total. The summed E-state index contributed by atoms with van der Waals surface area (Å²) >= 11 is 12.2. The summed E-state index contributed by atoms with van der Waals surface area (Å²) in [6.45, 7) is 0. The van der Waals surface area contributed by atoms with Crippen molar-refractivity contribution >= 4 is 34.1 Å². The molecular formula is C21H13Cl2FN2. The van der Waals surface area contributed by atoms with Crippen LogP contribution >= 0.6 is 23.2 Å². The van der Waals surface area contributed by atoms with Gasteiger partial charge >= 0.3 is 0 Å². The minimum atomic E-state index is -0.435. The quantitative estimate of drug-likeness (QED) is 0.386. The van der Waals surface area contributed by atoms with Crippen LogP contribution in [0.1, 0.15) is 11.3 Å². The Morgan fingerprint density at radius 3 is 2.58 bits per heavy atom. The lowest BCUT2D eigenvalue weighted by Crippen LogP contribution is -1.95. The van der Waals surface area contributed by atoms with Crippen LogP contribution in [0, 0.1) is 5.82 Å². The van der Waals surface area contributed by atoms with Crippen molar-refractivity contribution in [3.63, 3.8) is 0 Å². The molecule has 0 saturated carbocycles. The normalized spacial score (nSPS) is 11.0. The number of hydrogen-bond donors (Lipinski definition) is 0. The van der Waals surface area contributed by atoms with Gasteiger partial charge in [0.05, 0.1) is 10.5 Å². The van der Waals surface area contributed by atoms with Crippen molar-refractivity contribution in [2.75, 3.05) is 0 Å². The molecule has 2 aromatic heterocycles. The zero-order valence-electron chi connectivity index (χ0n) is 13.6. The molecule has 26 heavy (non-hydrogen) atoms. The Labute approximate surface area is 160 Å². The number of halogens is 3. The Morgan fingerprint density at radius 2 is 1.77 bits per heavy atom. The first-order chi connectivity index (χ1) is 12.6. The van der Waals surface area contributed by atoms with E-state index in [9.17, 15) is 4.39 Å². The van der Waals surface area contributed by atoms with E-state index in [1.54, 1.807) is 18.3 Å². The van der Waals surface area contributed by atoms with Crippen LogP contribution in [0.25, 0.3) is 22.0 Å². The Kier molecular flexibility index (Phi) is 4.58. The summed E-state index contributed by atoms with van der Waals surface area (Å²) < 4.78 is 13.6. The zero-order valence-corrected chi connectivity index (χ0v) is 15.1. The van der Waals surface area contributed by atoms with E-state index in [2.05, 4.69) is 9.97 Å². The Morgan fingerprint density at radius 1 is 0.885 bits per heavy atom. The molecular weight excluding hydrogens is 370 g/mol. The molecule has 0 radical (unpaired) electrons. The van der Waals surface area contributed by atoms with Crippen molar-refractivity contribution in [2.45, 2.75) is 6.42 Å². The smallest absolute Gasteiger partial charge is 0.142 e. The second kappa shape index (κ2) is 7.02. The Bertz CT molecular complexity index is 1110. The van der Waals surface area contributed by atoms with E-state index in [-0.39, 0.29) is 5.02 Å². The summed E-state index contributed by atoms with van der Waals surface area (Å²) in [5.74, 6) is -0.435. The van der Waals surface area contributed by atoms with Gasteiger partial charge in [-0.15, -0.1) is 0 Å². The van der Waals surface area contributed by atoms with Crippen molar-refractivity contribution < 1.29 is 4.39 Å². The third-order valence-corrected chi connectivity index (χ3v) is 4.81. The third kappa shape index (κ3) is 3.28. The van der Waals surface area contributed by atoms with Crippen LogP contribution in [0.5, 0.6) is 0 Å². The van der Waals surface area contributed by atoms with Crippen LogP contribution in [0.2, 0.25) is 10.2 Å². The van der Waals surface area contributed by atoms with Crippen LogP contribution in [-0.4, -0.2) is 9.97 Å². The molecule has 0 atom stereocenters.